The van der Waals surface area contributed by atoms with Crippen LogP contribution in [-0.4, -0.2) is 11.8 Å². The van der Waals surface area contributed by atoms with Crippen molar-refractivity contribution < 1.29 is 9.59 Å². The standard InChI is InChI=1S/C22H20ClN3O2/c23-17-4-2-6-20(14-17)26-22(28)16-3-1-5-19(13-16)25-21(27)12-9-15-7-10-18(24)11-8-15/h1-8,10-11,13-14H,9,12,24H2,(H,25,27)(H,26,28). The van der Waals surface area contributed by atoms with Gasteiger partial charge in [-0.2, -0.15) is 0 Å². The number of hydrogen-bond donors (Lipinski definition) is 3. The molecule has 0 radical (unpaired) electrons. The van der Waals surface area contributed by atoms with E-state index in [9.17, 15) is 9.59 Å². The summed E-state index contributed by atoms with van der Waals surface area (Å²) < 4.78 is 0. The van der Waals surface area contributed by atoms with Gasteiger partial charge in [0.05, 0.1) is 0 Å². The highest BCUT2D eigenvalue weighted by molar-refractivity contribution is 6.31. The minimum absolute atomic E-state index is 0.121. The Morgan fingerprint density at radius 3 is 2.25 bits per heavy atom. The Morgan fingerprint density at radius 1 is 0.857 bits per heavy atom. The lowest BCUT2D eigenvalue weighted by atomic mass is 10.1. The fourth-order valence-electron chi connectivity index (χ4n) is 2.67. The molecule has 0 bridgehead atoms. The molecule has 0 aliphatic rings. The van der Waals surface area contributed by atoms with Crippen LogP contribution in [0, 0.1) is 0 Å². The Kier molecular flexibility index (Phi) is 6.29. The number of carbonyl (C=O) groups excluding carboxylic acids is 2. The van der Waals surface area contributed by atoms with E-state index in [4.69, 9.17) is 17.3 Å². The number of halogens is 1. The number of carbonyl (C=O) groups is 2. The quantitative estimate of drug-likeness (QED) is 0.528. The highest BCUT2D eigenvalue weighted by atomic mass is 35.5. The Morgan fingerprint density at radius 2 is 1.54 bits per heavy atom. The van der Waals surface area contributed by atoms with E-state index in [1.807, 2.05) is 24.3 Å². The van der Waals surface area contributed by atoms with Crippen LogP contribution in [0.3, 0.4) is 0 Å². The molecule has 3 aromatic rings. The van der Waals surface area contributed by atoms with Gasteiger partial charge in [-0.25, -0.2) is 0 Å². The number of nitrogen functional groups attached to an aromatic ring is 1. The monoisotopic (exact) mass is 393 g/mol. The Labute approximate surface area is 168 Å². The minimum atomic E-state index is -0.278. The zero-order chi connectivity index (χ0) is 19.9. The third kappa shape index (κ3) is 5.59. The second kappa shape index (κ2) is 9.06. The first-order chi connectivity index (χ1) is 13.5. The van der Waals surface area contributed by atoms with E-state index in [-0.39, 0.29) is 11.8 Å². The number of anilines is 3. The molecular weight excluding hydrogens is 374 g/mol. The first-order valence-corrected chi connectivity index (χ1v) is 9.19. The normalized spacial score (nSPS) is 10.3. The zero-order valence-electron chi connectivity index (χ0n) is 15.1. The van der Waals surface area contributed by atoms with Crippen LogP contribution in [0.15, 0.2) is 72.8 Å². The summed E-state index contributed by atoms with van der Waals surface area (Å²) in [5.41, 5.74) is 9.02. The average molecular weight is 394 g/mol. The largest absolute Gasteiger partial charge is 0.399 e. The predicted molar refractivity (Wildman–Crippen MR) is 114 cm³/mol. The van der Waals surface area contributed by atoms with Gasteiger partial charge < -0.3 is 16.4 Å². The summed E-state index contributed by atoms with van der Waals surface area (Å²) in [5.74, 6) is -0.399. The van der Waals surface area contributed by atoms with Gasteiger partial charge in [0.15, 0.2) is 0 Å². The number of rotatable bonds is 6. The Hall–Kier alpha value is -3.31. The molecule has 0 atom stereocenters. The van der Waals surface area contributed by atoms with E-state index >= 15 is 0 Å². The van der Waals surface area contributed by atoms with Crippen molar-refractivity contribution in [2.24, 2.45) is 0 Å². The van der Waals surface area contributed by atoms with Crippen molar-refractivity contribution in [3.8, 4) is 0 Å². The second-order valence-corrected chi connectivity index (χ2v) is 6.77. The van der Waals surface area contributed by atoms with Crippen LogP contribution in [0.2, 0.25) is 5.02 Å². The number of aryl methyl sites for hydroxylation is 1. The van der Waals surface area contributed by atoms with E-state index in [0.717, 1.165) is 5.56 Å². The molecule has 0 spiro atoms. The van der Waals surface area contributed by atoms with Crippen LogP contribution in [0.5, 0.6) is 0 Å². The summed E-state index contributed by atoms with van der Waals surface area (Å²) >= 11 is 5.93. The second-order valence-electron chi connectivity index (χ2n) is 6.34. The van der Waals surface area contributed by atoms with Crippen molar-refractivity contribution in [2.45, 2.75) is 12.8 Å². The zero-order valence-corrected chi connectivity index (χ0v) is 15.9. The summed E-state index contributed by atoms with van der Waals surface area (Å²) in [5, 5.41) is 6.15. The fraction of sp³-hybridized carbons (Fsp3) is 0.0909. The van der Waals surface area contributed by atoms with Crippen LogP contribution in [0.1, 0.15) is 22.3 Å². The van der Waals surface area contributed by atoms with Crippen LogP contribution < -0.4 is 16.4 Å². The maximum Gasteiger partial charge on any atom is 0.255 e. The third-order valence-corrected chi connectivity index (χ3v) is 4.35. The molecule has 142 valence electrons. The van der Waals surface area contributed by atoms with Crippen molar-refractivity contribution in [1.82, 2.24) is 0 Å². The Bertz CT molecular complexity index is 987. The lowest BCUT2D eigenvalue weighted by Crippen LogP contribution is -2.15. The highest BCUT2D eigenvalue weighted by Gasteiger charge is 2.09. The molecular formula is C22H20ClN3O2. The molecule has 6 heteroatoms. The molecule has 0 fully saturated rings. The van der Waals surface area contributed by atoms with Gasteiger partial charge in [-0.3, -0.25) is 9.59 Å². The van der Waals surface area contributed by atoms with Crippen molar-refractivity contribution in [3.05, 3.63) is 88.9 Å². The molecule has 5 nitrogen and oxygen atoms in total. The van der Waals surface area contributed by atoms with E-state index in [1.54, 1.807) is 48.5 Å². The van der Waals surface area contributed by atoms with Crippen LogP contribution >= 0.6 is 11.6 Å². The Balaban J connectivity index is 1.58. The summed E-state index contributed by atoms with van der Waals surface area (Å²) in [6, 6.07) is 21.2. The molecule has 0 aliphatic carbocycles. The van der Waals surface area contributed by atoms with E-state index in [2.05, 4.69) is 10.6 Å². The van der Waals surface area contributed by atoms with Crippen LogP contribution in [-0.2, 0) is 11.2 Å². The lowest BCUT2D eigenvalue weighted by Gasteiger charge is -2.09. The van der Waals surface area contributed by atoms with Gasteiger partial charge in [0.25, 0.3) is 5.91 Å². The molecule has 4 N–H and O–H groups in total. The number of benzene rings is 3. The number of amides is 2. The molecule has 0 unspecified atom stereocenters. The maximum atomic E-state index is 12.4. The van der Waals surface area contributed by atoms with Crippen LogP contribution in [0.25, 0.3) is 0 Å². The smallest absolute Gasteiger partial charge is 0.255 e. The number of hydrogen-bond acceptors (Lipinski definition) is 3. The van der Waals surface area contributed by atoms with Gasteiger partial charge in [0, 0.05) is 34.1 Å². The summed E-state index contributed by atoms with van der Waals surface area (Å²) in [6.45, 7) is 0. The van der Waals surface area contributed by atoms with Gasteiger partial charge in [0.2, 0.25) is 5.91 Å². The number of nitrogens with one attached hydrogen (secondary N) is 2. The van der Waals surface area contributed by atoms with Crippen molar-refractivity contribution in [2.75, 3.05) is 16.4 Å². The fourth-order valence-corrected chi connectivity index (χ4v) is 2.86. The predicted octanol–water partition coefficient (Wildman–Crippen LogP) is 4.75. The van der Waals surface area contributed by atoms with E-state index < -0.39 is 0 Å². The molecule has 0 saturated carbocycles. The minimum Gasteiger partial charge on any atom is -0.399 e. The van der Waals surface area contributed by atoms with Gasteiger partial charge >= 0.3 is 0 Å². The van der Waals surface area contributed by atoms with E-state index in [0.29, 0.717) is 40.5 Å². The lowest BCUT2D eigenvalue weighted by molar-refractivity contribution is -0.116. The van der Waals surface area contributed by atoms with Crippen molar-refractivity contribution in [3.63, 3.8) is 0 Å². The first kappa shape index (κ1) is 19.5. The van der Waals surface area contributed by atoms with Crippen molar-refractivity contribution in [1.29, 1.82) is 0 Å². The molecule has 0 aromatic heterocycles. The van der Waals surface area contributed by atoms with Gasteiger partial charge in [-0.1, -0.05) is 35.9 Å². The molecule has 0 saturated heterocycles. The summed E-state index contributed by atoms with van der Waals surface area (Å²) in [4.78, 5) is 24.6. The average Bonchev–Trinajstić information content (AvgIpc) is 2.68. The summed E-state index contributed by atoms with van der Waals surface area (Å²) in [7, 11) is 0. The number of nitrogens with two attached hydrogens (primary N) is 1. The molecule has 3 aromatic carbocycles. The molecule has 0 heterocycles. The highest BCUT2D eigenvalue weighted by Crippen LogP contribution is 2.17. The molecule has 0 aliphatic heterocycles. The third-order valence-electron chi connectivity index (χ3n) is 4.11. The van der Waals surface area contributed by atoms with Gasteiger partial charge in [0.1, 0.15) is 0 Å². The van der Waals surface area contributed by atoms with Gasteiger partial charge in [-0.15, -0.1) is 0 Å². The maximum absolute atomic E-state index is 12.4. The SMILES string of the molecule is Nc1ccc(CCC(=O)Nc2cccc(C(=O)Nc3cccc(Cl)c3)c2)cc1. The van der Waals surface area contributed by atoms with Gasteiger partial charge in [-0.05, 0) is 60.5 Å². The molecule has 3 rings (SSSR count). The van der Waals surface area contributed by atoms with E-state index in [1.165, 1.54) is 0 Å². The molecule has 28 heavy (non-hydrogen) atoms. The van der Waals surface area contributed by atoms with Crippen LogP contribution in [0.4, 0.5) is 17.1 Å². The first-order valence-electron chi connectivity index (χ1n) is 8.81. The topological polar surface area (TPSA) is 84.2 Å². The molecule has 2 amide bonds. The summed E-state index contributed by atoms with van der Waals surface area (Å²) in [6.07, 6.45) is 0.948. The van der Waals surface area contributed by atoms with Crippen molar-refractivity contribution >= 4 is 40.5 Å².